The van der Waals surface area contributed by atoms with Crippen LogP contribution in [0.15, 0.2) is 12.4 Å². The Bertz CT molecular complexity index is 385. The van der Waals surface area contributed by atoms with Gasteiger partial charge in [0.25, 0.3) is 0 Å². The van der Waals surface area contributed by atoms with Gasteiger partial charge in [-0.1, -0.05) is 26.2 Å². The van der Waals surface area contributed by atoms with E-state index in [0.717, 1.165) is 25.1 Å². The second-order valence-corrected chi connectivity index (χ2v) is 5.88. The largest absolute Gasteiger partial charge is 0.376 e. The molecule has 20 heavy (non-hydrogen) atoms. The van der Waals surface area contributed by atoms with Gasteiger partial charge in [-0.05, 0) is 32.1 Å². The summed E-state index contributed by atoms with van der Waals surface area (Å²) in [6.45, 7) is 5.91. The van der Waals surface area contributed by atoms with Crippen molar-refractivity contribution in [1.82, 2.24) is 9.78 Å². The molecular weight excluding hydrogens is 250 g/mol. The van der Waals surface area contributed by atoms with E-state index >= 15 is 0 Å². The van der Waals surface area contributed by atoms with Gasteiger partial charge in [0, 0.05) is 24.9 Å². The topological polar surface area (TPSA) is 53.1 Å². The van der Waals surface area contributed by atoms with Crippen molar-refractivity contribution in [3.63, 3.8) is 0 Å². The van der Waals surface area contributed by atoms with Gasteiger partial charge in [-0.2, -0.15) is 5.10 Å². The van der Waals surface area contributed by atoms with Crippen molar-refractivity contribution in [1.29, 1.82) is 0 Å². The molecule has 2 unspecified atom stereocenters. The molecule has 4 nitrogen and oxygen atoms in total. The van der Waals surface area contributed by atoms with Crippen LogP contribution in [-0.2, 0) is 11.3 Å². The Morgan fingerprint density at radius 2 is 2.10 bits per heavy atom. The van der Waals surface area contributed by atoms with Gasteiger partial charge in [0.2, 0.25) is 0 Å². The van der Waals surface area contributed by atoms with Gasteiger partial charge in [0.15, 0.2) is 0 Å². The van der Waals surface area contributed by atoms with Crippen molar-refractivity contribution < 1.29 is 4.74 Å². The molecule has 0 bridgehead atoms. The summed E-state index contributed by atoms with van der Waals surface area (Å²) in [6, 6.07) is -0.0522. The lowest BCUT2D eigenvalue weighted by Gasteiger charge is -2.33. The van der Waals surface area contributed by atoms with E-state index in [1.54, 1.807) is 0 Å². The van der Waals surface area contributed by atoms with Crippen LogP contribution in [0.3, 0.4) is 0 Å². The van der Waals surface area contributed by atoms with E-state index in [0.29, 0.717) is 5.92 Å². The van der Waals surface area contributed by atoms with Crippen molar-refractivity contribution in [2.75, 3.05) is 6.61 Å². The molecule has 1 saturated carbocycles. The molecule has 2 N–H and O–H groups in total. The zero-order valence-corrected chi connectivity index (χ0v) is 12.9. The van der Waals surface area contributed by atoms with Crippen LogP contribution in [0.1, 0.15) is 64.0 Å². The summed E-state index contributed by atoms with van der Waals surface area (Å²) in [4.78, 5) is 0. The molecule has 4 heteroatoms. The van der Waals surface area contributed by atoms with E-state index in [9.17, 15) is 0 Å². The van der Waals surface area contributed by atoms with Gasteiger partial charge in [-0.3, -0.25) is 4.68 Å². The quantitative estimate of drug-likeness (QED) is 0.833. The lowest BCUT2D eigenvalue weighted by molar-refractivity contribution is -0.00987. The SMILES string of the molecule is CCCn1cc(C(N)C(OCC)C2CCCCC2)cn1. The van der Waals surface area contributed by atoms with Gasteiger partial charge in [-0.25, -0.2) is 0 Å². The highest BCUT2D eigenvalue weighted by molar-refractivity contribution is 5.12. The van der Waals surface area contributed by atoms with E-state index < -0.39 is 0 Å². The Morgan fingerprint density at radius 1 is 1.35 bits per heavy atom. The molecule has 1 aromatic heterocycles. The fourth-order valence-corrected chi connectivity index (χ4v) is 3.28. The summed E-state index contributed by atoms with van der Waals surface area (Å²) in [5, 5.41) is 4.40. The monoisotopic (exact) mass is 279 g/mol. The number of nitrogens with two attached hydrogens (primary N) is 1. The number of ether oxygens (including phenoxy) is 1. The van der Waals surface area contributed by atoms with Crippen LogP contribution in [0.5, 0.6) is 0 Å². The maximum atomic E-state index is 6.49. The molecule has 0 saturated heterocycles. The van der Waals surface area contributed by atoms with Crippen LogP contribution in [0.4, 0.5) is 0 Å². The molecule has 1 aliphatic rings. The average Bonchev–Trinajstić information content (AvgIpc) is 2.94. The molecule has 1 aliphatic carbocycles. The Morgan fingerprint density at radius 3 is 2.75 bits per heavy atom. The zero-order valence-electron chi connectivity index (χ0n) is 12.9. The molecule has 1 heterocycles. The van der Waals surface area contributed by atoms with Crippen LogP contribution >= 0.6 is 0 Å². The predicted molar refractivity (Wildman–Crippen MR) is 81.4 cm³/mol. The summed E-state index contributed by atoms with van der Waals surface area (Å²) in [5.74, 6) is 0.605. The minimum Gasteiger partial charge on any atom is -0.376 e. The number of hydrogen-bond donors (Lipinski definition) is 1. The van der Waals surface area contributed by atoms with Gasteiger partial charge in [-0.15, -0.1) is 0 Å². The number of hydrogen-bond acceptors (Lipinski definition) is 3. The fraction of sp³-hybridized carbons (Fsp3) is 0.812. The minimum atomic E-state index is -0.0522. The molecule has 0 radical (unpaired) electrons. The first-order valence-corrected chi connectivity index (χ1v) is 8.15. The molecule has 1 fully saturated rings. The fourth-order valence-electron chi connectivity index (χ4n) is 3.28. The molecule has 2 rings (SSSR count). The number of nitrogens with zero attached hydrogens (tertiary/aromatic N) is 2. The van der Waals surface area contributed by atoms with Crippen molar-refractivity contribution >= 4 is 0 Å². The summed E-state index contributed by atoms with van der Waals surface area (Å²) >= 11 is 0. The lowest BCUT2D eigenvalue weighted by atomic mass is 9.81. The van der Waals surface area contributed by atoms with Crippen LogP contribution < -0.4 is 5.73 Å². The van der Waals surface area contributed by atoms with Crippen LogP contribution in [0.2, 0.25) is 0 Å². The first kappa shape index (κ1) is 15.5. The third-order valence-corrected chi connectivity index (χ3v) is 4.32. The second-order valence-electron chi connectivity index (χ2n) is 5.88. The molecule has 114 valence electrons. The maximum Gasteiger partial charge on any atom is 0.0796 e. The minimum absolute atomic E-state index is 0.0522. The highest BCUT2D eigenvalue weighted by atomic mass is 16.5. The summed E-state index contributed by atoms with van der Waals surface area (Å²) in [5.41, 5.74) is 7.60. The van der Waals surface area contributed by atoms with Gasteiger partial charge in [0.05, 0.1) is 18.3 Å². The Hall–Kier alpha value is -0.870. The molecule has 0 amide bonds. The third kappa shape index (κ3) is 3.83. The van der Waals surface area contributed by atoms with E-state index in [1.807, 2.05) is 10.9 Å². The van der Waals surface area contributed by atoms with Gasteiger partial charge in [0.1, 0.15) is 0 Å². The third-order valence-electron chi connectivity index (χ3n) is 4.32. The first-order valence-electron chi connectivity index (χ1n) is 8.15. The van der Waals surface area contributed by atoms with Crippen molar-refractivity contribution in [3.05, 3.63) is 18.0 Å². The van der Waals surface area contributed by atoms with E-state index in [2.05, 4.69) is 25.1 Å². The second kappa shape index (κ2) is 7.79. The standard InChI is InChI=1S/C16H29N3O/c1-3-10-19-12-14(11-18-19)15(17)16(20-4-2)13-8-6-5-7-9-13/h11-13,15-16H,3-10,17H2,1-2H3. The predicted octanol–water partition coefficient (Wildman–Crippen LogP) is 3.28. The van der Waals surface area contributed by atoms with Crippen molar-refractivity contribution in [2.45, 2.75) is 71.1 Å². The van der Waals surface area contributed by atoms with Crippen LogP contribution in [-0.4, -0.2) is 22.5 Å². The van der Waals surface area contributed by atoms with Crippen molar-refractivity contribution in [3.8, 4) is 0 Å². The van der Waals surface area contributed by atoms with Crippen molar-refractivity contribution in [2.24, 2.45) is 11.7 Å². The van der Waals surface area contributed by atoms with E-state index in [4.69, 9.17) is 10.5 Å². The molecule has 2 atom stereocenters. The smallest absolute Gasteiger partial charge is 0.0796 e. The summed E-state index contributed by atoms with van der Waals surface area (Å²) in [7, 11) is 0. The number of rotatable bonds is 7. The lowest BCUT2D eigenvalue weighted by Crippen LogP contribution is -2.36. The van der Waals surface area contributed by atoms with Gasteiger partial charge < -0.3 is 10.5 Å². The Labute approximate surface area is 122 Å². The molecule has 0 aromatic carbocycles. The number of aromatic nitrogens is 2. The summed E-state index contributed by atoms with van der Waals surface area (Å²) < 4.78 is 7.99. The Balaban J connectivity index is 2.05. The van der Waals surface area contributed by atoms with E-state index in [1.165, 1.54) is 32.1 Å². The maximum absolute atomic E-state index is 6.49. The van der Waals surface area contributed by atoms with Crippen LogP contribution in [0.25, 0.3) is 0 Å². The van der Waals surface area contributed by atoms with Gasteiger partial charge >= 0.3 is 0 Å². The zero-order chi connectivity index (χ0) is 14.4. The molecule has 1 aromatic rings. The molecular formula is C16H29N3O. The van der Waals surface area contributed by atoms with Crippen LogP contribution in [0, 0.1) is 5.92 Å². The first-order chi connectivity index (χ1) is 9.76. The average molecular weight is 279 g/mol. The highest BCUT2D eigenvalue weighted by Crippen LogP contribution is 2.33. The highest BCUT2D eigenvalue weighted by Gasteiger charge is 2.30. The molecule has 0 spiro atoms. The van der Waals surface area contributed by atoms with E-state index in [-0.39, 0.29) is 12.1 Å². The Kier molecular flexibility index (Phi) is 6.05. The summed E-state index contributed by atoms with van der Waals surface area (Å²) in [6.07, 6.45) is 11.7. The number of aryl methyl sites for hydroxylation is 1. The normalized spacial score (nSPS) is 19.9. The molecule has 0 aliphatic heterocycles.